The fraction of sp³-hybridized carbons (Fsp3) is 0.421. The number of halogens is 1. The number of hydrogen-bond acceptors (Lipinski definition) is 6. The van der Waals surface area contributed by atoms with Gasteiger partial charge in [-0.15, -0.1) is 0 Å². The third-order valence-corrected chi connectivity index (χ3v) is 7.24. The molecule has 1 fully saturated rings. The van der Waals surface area contributed by atoms with Gasteiger partial charge in [0.15, 0.2) is 5.96 Å². The van der Waals surface area contributed by atoms with Crippen LogP contribution in [0, 0.1) is 5.41 Å². The van der Waals surface area contributed by atoms with Gasteiger partial charge in [-0.25, -0.2) is 13.4 Å². The van der Waals surface area contributed by atoms with E-state index in [2.05, 4.69) is 15.6 Å². The quantitative estimate of drug-likeness (QED) is 0.351. The maximum absolute atomic E-state index is 13.4. The molecule has 0 bridgehead atoms. The standard InChI is InChI=1S/C19H26ClN7O3S/c1-26(2)9-7-23-18(28)16-4-3-8-27(16)31(29,30)12-5-6-13-14(10-12)17(25-19(21)22)24-11-15(13)20/h5-6,10-11,16H,3-4,7-9H2,1-2H3,(H,23,28)(H4,21,22,24,25). The molecule has 1 amide bonds. The van der Waals surface area contributed by atoms with Crippen molar-refractivity contribution in [3.63, 3.8) is 0 Å². The molecule has 2 aromatic rings. The molecule has 1 atom stereocenters. The Morgan fingerprint density at radius 3 is 2.81 bits per heavy atom. The number of rotatable bonds is 7. The number of sulfonamides is 1. The van der Waals surface area contributed by atoms with Crippen molar-refractivity contribution in [3.05, 3.63) is 29.4 Å². The molecule has 10 nitrogen and oxygen atoms in total. The summed E-state index contributed by atoms with van der Waals surface area (Å²) in [4.78, 5) is 18.7. The minimum atomic E-state index is -3.95. The average Bonchev–Trinajstić information content (AvgIpc) is 3.20. The van der Waals surface area contributed by atoms with Crippen LogP contribution in [0.1, 0.15) is 12.8 Å². The molecule has 5 N–H and O–H groups in total. The average molecular weight is 468 g/mol. The summed E-state index contributed by atoms with van der Waals surface area (Å²) in [6, 6.07) is 3.73. The zero-order valence-corrected chi connectivity index (χ0v) is 18.9. The van der Waals surface area contributed by atoms with Crippen molar-refractivity contribution >= 4 is 50.1 Å². The number of likely N-dealkylation sites (N-methyl/N-ethyl adjacent to an activating group) is 1. The molecule has 1 aromatic heterocycles. The van der Waals surface area contributed by atoms with Crippen LogP contribution in [0.25, 0.3) is 10.8 Å². The van der Waals surface area contributed by atoms with Gasteiger partial charge in [0.05, 0.1) is 9.92 Å². The van der Waals surface area contributed by atoms with Crippen molar-refractivity contribution in [1.29, 1.82) is 5.41 Å². The first-order valence-electron chi connectivity index (χ1n) is 9.75. The van der Waals surface area contributed by atoms with Crippen molar-refractivity contribution in [1.82, 2.24) is 19.5 Å². The third-order valence-electron chi connectivity index (χ3n) is 5.03. The first kappa shape index (κ1) is 23.2. The normalized spacial score (nSPS) is 17.2. The Kier molecular flexibility index (Phi) is 6.99. The van der Waals surface area contributed by atoms with Gasteiger partial charge in [-0.1, -0.05) is 17.7 Å². The van der Waals surface area contributed by atoms with Gasteiger partial charge in [0.25, 0.3) is 0 Å². The number of benzene rings is 1. The van der Waals surface area contributed by atoms with Crippen LogP contribution in [0.3, 0.4) is 0 Å². The molecule has 0 spiro atoms. The number of carbonyl (C=O) groups is 1. The summed E-state index contributed by atoms with van der Waals surface area (Å²) >= 11 is 6.20. The molecule has 2 heterocycles. The molecule has 1 saturated heterocycles. The maximum Gasteiger partial charge on any atom is 0.243 e. The maximum atomic E-state index is 13.4. The summed E-state index contributed by atoms with van der Waals surface area (Å²) in [5, 5.41) is 14.2. The Labute approximate surface area is 186 Å². The number of nitrogens with two attached hydrogens (primary N) is 1. The van der Waals surface area contributed by atoms with Crippen LogP contribution >= 0.6 is 11.6 Å². The van der Waals surface area contributed by atoms with Gasteiger partial charge in [-0.2, -0.15) is 4.31 Å². The molecule has 3 rings (SSSR count). The summed E-state index contributed by atoms with van der Waals surface area (Å²) in [6.45, 7) is 1.37. The first-order valence-corrected chi connectivity index (χ1v) is 11.6. The van der Waals surface area contributed by atoms with Gasteiger partial charge in [-0.3, -0.25) is 10.2 Å². The predicted octanol–water partition coefficient (Wildman–Crippen LogP) is 1.02. The Bertz CT molecular complexity index is 1110. The summed E-state index contributed by atoms with van der Waals surface area (Å²) in [7, 11) is -0.151. The molecule has 0 aliphatic carbocycles. The number of anilines is 1. The predicted molar refractivity (Wildman–Crippen MR) is 121 cm³/mol. The van der Waals surface area contributed by atoms with Crippen molar-refractivity contribution < 1.29 is 13.2 Å². The second-order valence-corrected chi connectivity index (χ2v) is 9.87. The summed E-state index contributed by atoms with van der Waals surface area (Å²) in [5.74, 6) is -0.408. The lowest BCUT2D eigenvalue weighted by Crippen LogP contribution is -2.47. The number of aromatic nitrogens is 1. The minimum absolute atomic E-state index is 0.0173. The molecule has 0 saturated carbocycles. The van der Waals surface area contributed by atoms with E-state index in [9.17, 15) is 13.2 Å². The van der Waals surface area contributed by atoms with Gasteiger partial charge >= 0.3 is 0 Å². The molecular weight excluding hydrogens is 442 g/mol. The van der Waals surface area contributed by atoms with Crippen LogP contribution in [0.2, 0.25) is 5.02 Å². The van der Waals surface area contributed by atoms with E-state index in [1.807, 2.05) is 19.0 Å². The van der Waals surface area contributed by atoms with E-state index in [1.54, 1.807) is 6.07 Å². The zero-order valence-electron chi connectivity index (χ0n) is 17.4. The van der Waals surface area contributed by atoms with Crippen molar-refractivity contribution in [3.8, 4) is 0 Å². The van der Waals surface area contributed by atoms with Crippen LogP contribution in [0.5, 0.6) is 0 Å². The van der Waals surface area contributed by atoms with E-state index in [0.29, 0.717) is 41.7 Å². The van der Waals surface area contributed by atoms with Gasteiger partial charge in [-0.05, 0) is 39.1 Å². The fourth-order valence-electron chi connectivity index (χ4n) is 3.52. The molecule has 12 heteroatoms. The number of amides is 1. The van der Waals surface area contributed by atoms with Crippen molar-refractivity contribution in [2.75, 3.05) is 39.0 Å². The molecule has 31 heavy (non-hydrogen) atoms. The lowest BCUT2D eigenvalue weighted by Gasteiger charge is -2.24. The number of guanidine groups is 1. The van der Waals surface area contributed by atoms with Crippen molar-refractivity contribution in [2.45, 2.75) is 23.8 Å². The number of fused-ring (bicyclic) bond motifs is 1. The Balaban J connectivity index is 1.93. The van der Waals surface area contributed by atoms with E-state index >= 15 is 0 Å². The second-order valence-electron chi connectivity index (χ2n) is 7.57. The van der Waals surface area contributed by atoms with Crippen LogP contribution in [0.4, 0.5) is 5.82 Å². The monoisotopic (exact) mass is 467 g/mol. The summed E-state index contributed by atoms with van der Waals surface area (Å²) in [5.41, 5.74) is 5.41. The smallest absolute Gasteiger partial charge is 0.243 e. The number of nitrogens with one attached hydrogen (secondary N) is 3. The fourth-order valence-corrected chi connectivity index (χ4v) is 5.42. The van der Waals surface area contributed by atoms with E-state index in [-0.39, 0.29) is 29.1 Å². The molecule has 1 aliphatic heterocycles. The lowest BCUT2D eigenvalue weighted by atomic mass is 10.1. The topological polar surface area (TPSA) is 145 Å². The number of nitrogens with zero attached hydrogens (tertiary/aromatic N) is 3. The van der Waals surface area contributed by atoms with Gasteiger partial charge in [0, 0.05) is 36.6 Å². The van der Waals surface area contributed by atoms with E-state index in [4.69, 9.17) is 22.7 Å². The van der Waals surface area contributed by atoms with E-state index in [1.165, 1.54) is 22.6 Å². The van der Waals surface area contributed by atoms with Gasteiger partial charge in [0.2, 0.25) is 15.9 Å². The van der Waals surface area contributed by atoms with Crippen LogP contribution in [-0.4, -0.2) is 74.2 Å². The highest BCUT2D eigenvalue weighted by atomic mass is 35.5. The number of carbonyl (C=O) groups excluding carboxylic acids is 1. The molecule has 1 unspecified atom stereocenters. The van der Waals surface area contributed by atoms with Crippen LogP contribution in [0.15, 0.2) is 29.3 Å². The lowest BCUT2D eigenvalue weighted by molar-refractivity contribution is -0.124. The highest BCUT2D eigenvalue weighted by Crippen LogP contribution is 2.32. The Hall–Kier alpha value is -2.47. The highest BCUT2D eigenvalue weighted by Gasteiger charge is 2.39. The minimum Gasteiger partial charge on any atom is -0.370 e. The largest absolute Gasteiger partial charge is 0.370 e. The summed E-state index contributed by atoms with van der Waals surface area (Å²) in [6.07, 6.45) is 2.46. The Morgan fingerprint density at radius 1 is 1.39 bits per heavy atom. The van der Waals surface area contributed by atoms with E-state index in [0.717, 1.165) is 0 Å². The second kappa shape index (κ2) is 9.35. The first-order chi connectivity index (χ1) is 14.6. The zero-order chi connectivity index (χ0) is 22.8. The van der Waals surface area contributed by atoms with Crippen LogP contribution < -0.4 is 16.4 Å². The highest BCUT2D eigenvalue weighted by molar-refractivity contribution is 7.89. The van der Waals surface area contributed by atoms with Crippen molar-refractivity contribution in [2.24, 2.45) is 5.73 Å². The van der Waals surface area contributed by atoms with Gasteiger partial charge in [0.1, 0.15) is 11.9 Å². The number of hydrogen-bond donors (Lipinski definition) is 4. The third kappa shape index (κ3) is 5.06. The Morgan fingerprint density at radius 2 is 2.13 bits per heavy atom. The molecule has 1 aliphatic rings. The molecule has 168 valence electrons. The van der Waals surface area contributed by atoms with Crippen LogP contribution in [-0.2, 0) is 14.8 Å². The molecular formula is C19H26ClN7O3S. The van der Waals surface area contributed by atoms with Gasteiger partial charge < -0.3 is 21.3 Å². The number of pyridine rings is 1. The molecule has 0 radical (unpaired) electrons. The molecule has 1 aromatic carbocycles. The SMILES string of the molecule is CN(C)CCNC(=O)C1CCCN1S(=O)(=O)c1ccc2c(Cl)cnc(NC(=N)N)c2c1. The van der Waals surface area contributed by atoms with E-state index < -0.39 is 16.1 Å². The summed E-state index contributed by atoms with van der Waals surface area (Å²) < 4.78 is 28.0.